The zero-order valence-corrected chi connectivity index (χ0v) is 19.8. The summed E-state index contributed by atoms with van der Waals surface area (Å²) in [4.78, 5) is 18.0. The van der Waals surface area contributed by atoms with Crippen molar-refractivity contribution in [2.75, 3.05) is 6.54 Å². The van der Waals surface area contributed by atoms with Gasteiger partial charge in [0.1, 0.15) is 0 Å². The standard InChI is InChI=1S/C28H23N5OS/c34-28(29-12-6-13-32-14-11-21-9-4-5-10-25(21)32)26-15-22(19-35-26)23-16-30-27-24(17-31-33(27)18-23)20-7-2-1-3-8-20/h1-5,7-11,14-19H,6,12-13H2,(H,29,34). The predicted octanol–water partition coefficient (Wildman–Crippen LogP) is 5.90. The van der Waals surface area contributed by atoms with Crippen LogP contribution in [-0.2, 0) is 6.54 Å². The highest BCUT2D eigenvalue weighted by molar-refractivity contribution is 7.12. The Morgan fingerprint density at radius 2 is 1.80 bits per heavy atom. The molecule has 0 saturated carbocycles. The second kappa shape index (κ2) is 9.19. The van der Waals surface area contributed by atoms with Crippen LogP contribution in [-0.4, -0.2) is 31.6 Å². The van der Waals surface area contributed by atoms with Gasteiger partial charge in [-0.15, -0.1) is 11.3 Å². The first-order valence-electron chi connectivity index (χ1n) is 11.6. The second-order valence-electron chi connectivity index (χ2n) is 8.41. The average Bonchev–Trinajstić information content (AvgIpc) is 3.65. The number of thiophene rings is 1. The monoisotopic (exact) mass is 477 g/mol. The quantitative estimate of drug-likeness (QED) is 0.291. The van der Waals surface area contributed by atoms with Crippen LogP contribution in [0.1, 0.15) is 16.1 Å². The summed E-state index contributed by atoms with van der Waals surface area (Å²) in [7, 11) is 0. The summed E-state index contributed by atoms with van der Waals surface area (Å²) in [5, 5.41) is 10.8. The maximum absolute atomic E-state index is 12.7. The number of carbonyl (C=O) groups is 1. The van der Waals surface area contributed by atoms with Crippen LogP contribution in [0.2, 0.25) is 0 Å². The van der Waals surface area contributed by atoms with Gasteiger partial charge in [0.2, 0.25) is 0 Å². The second-order valence-corrected chi connectivity index (χ2v) is 9.32. The number of hydrogen-bond acceptors (Lipinski definition) is 4. The molecule has 6 aromatic rings. The fourth-order valence-electron chi connectivity index (χ4n) is 4.33. The maximum atomic E-state index is 12.7. The van der Waals surface area contributed by atoms with Gasteiger partial charge in [-0.2, -0.15) is 5.10 Å². The highest BCUT2D eigenvalue weighted by Gasteiger charge is 2.13. The molecule has 0 bridgehead atoms. The van der Waals surface area contributed by atoms with Crippen LogP contribution < -0.4 is 5.32 Å². The number of amides is 1. The molecule has 0 fully saturated rings. The molecule has 1 N–H and O–H groups in total. The molecular weight excluding hydrogens is 454 g/mol. The minimum Gasteiger partial charge on any atom is -0.351 e. The molecule has 1 amide bonds. The van der Waals surface area contributed by atoms with Gasteiger partial charge in [0, 0.05) is 48.3 Å². The van der Waals surface area contributed by atoms with Crippen LogP contribution in [0.3, 0.4) is 0 Å². The molecule has 0 radical (unpaired) electrons. The number of para-hydroxylation sites is 1. The average molecular weight is 478 g/mol. The van der Waals surface area contributed by atoms with Crippen molar-refractivity contribution >= 4 is 33.8 Å². The van der Waals surface area contributed by atoms with Gasteiger partial charge in [-0.05, 0) is 46.5 Å². The molecule has 0 unspecified atom stereocenters. The van der Waals surface area contributed by atoms with Gasteiger partial charge in [-0.25, -0.2) is 9.50 Å². The van der Waals surface area contributed by atoms with Gasteiger partial charge >= 0.3 is 0 Å². The largest absolute Gasteiger partial charge is 0.351 e. The summed E-state index contributed by atoms with van der Waals surface area (Å²) in [6.45, 7) is 1.49. The van der Waals surface area contributed by atoms with Crippen LogP contribution in [0.4, 0.5) is 0 Å². The third-order valence-electron chi connectivity index (χ3n) is 6.14. The van der Waals surface area contributed by atoms with Crippen molar-refractivity contribution in [2.24, 2.45) is 0 Å². The number of aromatic nitrogens is 4. The van der Waals surface area contributed by atoms with Crippen molar-refractivity contribution in [3.8, 4) is 22.3 Å². The summed E-state index contributed by atoms with van der Waals surface area (Å²) in [6, 6.07) is 22.5. The SMILES string of the molecule is O=C(NCCCn1ccc2ccccc21)c1cc(-c2cnc3c(-c4ccccc4)cnn3c2)cs1. The van der Waals surface area contributed by atoms with Gasteiger partial charge < -0.3 is 9.88 Å². The van der Waals surface area contributed by atoms with Crippen molar-refractivity contribution in [3.63, 3.8) is 0 Å². The highest BCUT2D eigenvalue weighted by atomic mass is 32.1. The van der Waals surface area contributed by atoms with E-state index < -0.39 is 0 Å². The number of aryl methyl sites for hydroxylation is 1. The summed E-state index contributed by atoms with van der Waals surface area (Å²) >= 11 is 1.44. The Morgan fingerprint density at radius 1 is 0.943 bits per heavy atom. The summed E-state index contributed by atoms with van der Waals surface area (Å²) in [5.41, 5.74) is 6.00. The molecular formula is C28H23N5OS. The summed E-state index contributed by atoms with van der Waals surface area (Å²) in [6.07, 6.45) is 8.61. The molecule has 0 spiro atoms. The fourth-order valence-corrected chi connectivity index (χ4v) is 5.16. The number of fused-ring (bicyclic) bond motifs is 2. The molecule has 0 atom stereocenters. The van der Waals surface area contributed by atoms with E-state index in [1.165, 1.54) is 22.2 Å². The lowest BCUT2D eigenvalue weighted by Crippen LogP contribution is -2.24. The molecule has 172 valence electrons. The lowest BCUT2D eigenvalue weighted by atomic mass is 10.1. The number of nitrogens with zero attached hydrogens (tertiary/aromatic N) is 4. The normalized spacial score (nSPS) is 11.3. The Morgan fingerprint density at radius 3 is 2.71 bits per heavy atom. The Bertz CT molecular complexity index is 1630. The maximum Gasteiger partial charge on any atom is 0.261 e. The van der Waals surface area contributed by atoms with Crippen LogP contribution in [0.25, 0.3) is 38.8 Å². The molecule has 0 aliphatic heterocycles. The van der Waals surface area contributed by atoms with E-state index in [0.717, 1.165) is 40.9 Å². The van der Waals surface area contributed by atoms with Gasteiger partial charge in [0.25, 0.3) is 5.91 Å². The van der Waals surface area contributed by atoms with Gasteiger partial charge in [0.05, 0.1) is 11.1 Å². The van der Waals surface area contributed by atoms with Crippen LogP contribution in [0.5, 0.6) is 0 Å². The first-order chi connectivity index (χ1) is 17.3. The van der Waals surface area contributed by atoms with Crippen molar-refractivity contribution in [2.45, 2.75) is 13.0 Å². The third kappa shape index (κ3) is 4.22. The number of hydrogen-bond donors (Lipinski definition) is 1. The zero-order chi connectivity index (χ0) is 23.6. The first-order valence-corrected chi connectivity index (χ1v) is 12.4. The Hall–Kier alpha value is -4.23. The molecule has 0 aliphatic rings. The van der Waals surface area contributed by atoms with Crippen molar-refractivity contribution < 1.29 is 4.79 Å². The third-order valence-corrected chi connectivity index (χ3v) is 7.07. The predicted molar refractivity (Wildman–Crippen MR) is 141 cm³/mol. The summed E-state index contributed by atoms with van der Waals surface area (Å²) in [5.74, 6) is -0.0434. The topological polar surface area (TPSA) is 64.2 Å². The fraction of sp³-hybridized carbons (Fsp3) is 0.107. The van der Waals surface area contributed by atoms with E-state index in [1.54, 1.807) is 4.52 Å². The van der Waals surface area contributed by atoms with E-state index in [0.29, 0.717) is 11.4 Å². The molecule has 35 heavy (non-hydrogen) atoms. The van der Waals surface area contributed by atoms with Crippen LogP contribution >= 0.6 is 11.3 Å². The van der Waals surface area contributed by atoms with Crippen molar-refractivity contribution in [3.05, 3.63) is 102 Å². The smallest absolute Gasteiger partial charge is 0.261 e. The minimum atomic E-state index is -0.0434. The van der Waals surface area contributed by atoms with Crippen molar-refractivity contribution in [1.29, 1.82) is 0 Å². The van der Waals surface area contributed by atoms with Crippen LogP contribution in [0.15, 0.2) is 96.9 Å². The first kappa shape index (κ1) is 21.3. The molecule has 4 heterocycles. The van der Waals surface area contributed by atoms with Gasteiger partial charge in [0.15, 0.2) is 5.65 Å². The van der Waals surface area contributed by atoms with Gasteiger partial charge in [-0.1, -0.05) is 48.5 Å². The number of rotatable bonds is 7. The van der Waals surface area contributed by atoms with Gasteiger partial charge in [-0.3, -0.25) is 4.79 Å². The molecule has 2 aromatic carbocycles. The molecule has 6 nitrogen and oxygen atoms in total. The van der Waals surface area contributed by atoms with Crippen molar-refractivity contribution in [1.82, 2.24) is 24.5 Å². The Kier molecular flexibility index (Phi) is 5.60. The lowest BCUT2D eigenvalue weighted by Gasteiger charge is -2.06. The Labute approximate surface area is 206 Å². The van der Waals surface area contributed by atoms with E-state index in [1.807, 2.05) is 54.3 Å². The minimum absolute atomic E-state index is 0.0434. The Balaban J connectivity index is 1.10. The van der Waals surface area contributed by atoms with E-state index in [-0.39, 0.29) is 5.91 Å². The zero-order valence-electron chi connectivity index (χ0n) is 19.0. The highest BCUT2D eigenvalue weighted by Crippen LogP contribution is 2.28. The lowest BCUT2D eigenvalue weighted by molar-refractivity contribution is 0.0957. The van der Waals surface area contributed by atoms with E-state index >= 15 is 0 Å². The summed E-state index contributed by atoms with van der Waals surface area (Å²) < 4.78 is 4.02. The molecule has 0 aliphatic carbocycles. The molecule has 0 saturated heterocycles. The van der Waals surface area contributed by atoms with Crippen LogP contribution in [0, 0.1) is 0 Å². The van der Waals surface area contributed by atoms with E-state index in [4.69, 9.17) is 0 Å². The number of nitrogens with one attached hydrogen (secondary N) is 1. The number of benzene rings is 2. The molecule has 6 rings (SSSR count). The van der Waals surface area contributed by atoms with E-state index in [9.17, 15) is 4.79 Å². The molecule has 4 aromatic heterocycles. The number of carbonyl (C=O) groups excluding carboxylic acids is 1. The molecule has 7 heteroatoms. The van der Waals surface area contributed by atoms with E-state index in [2.05, 4.69) is 62.6 Å².